The Hall–Kier alpha value is -0.490. The number of thioether (sulfide) groups is 1. The summed E-state index contributed by atoms with van der Waals surface area (Å²) in [4.78, 5) is 9.77. The van der Waals surface area contributed by atoms with E-state index in [4.69, 9.17) is 5.26 Å². The summed E-state index contributed by atoms with van der Waals surface area (Å²) in [6, 6.07) is 0. The van der Waals surface area contributed by atoms with Crippen molar-refractivity contribution in [3.05, 3.63) is 0 Å². The molecule has 0 aliphatic carbocycles. The van der Waals surface area contributed by atoms with Gasteiger partial charge in [-0.05, 0) is 24.6 Å². The zero-order valence-corrected chi connectivity index (χ0v) is 5.99. The van der Waals surface area contributed by atoms with E-state index in [1.807, 2.05) is 5.40 Å². The summed E-state index contributed by atoms with van der Waals surface area (Å²) in [7, 11) is 0. The maximum Gasteiger partial charge on any atom is 0.133 e. The minimum absolute atomic E-state index is 0.631. The highest BCUT2D eigenvalue weighted by Gasteiger charge is 1.86. The molecule has 0 radical (unpaired) electrons. The van der Waals surface area contributed by atoms with Crippen LogP contribution < -0.4 is 0 Å². The van der Waals surface area contributed by atoms with Gasteiger partial charge in [0.15, 0.2) is 0 Å². The Morgan fingerprint density at radius 3 is 2.89 bits per heavy atom. The number of carbonyl (C=O) groups is 1. The Kier molecular flexibility index (Phi) is 7.10. The minimum Gasteiger partial charge on any atom is -0.303 e. The van der Waals surface area contributed by atoms with Gasteiger partial charge in [-0.3, -0.25) is 0 Å². The zero-order chi connectivity index (χ0) is 6.95. The summed E-state index contributed by atoms with van der Waals surface area (Å²) in [5, 5.41) is 10.0. The third kappa shape index (κ3) is 7.51. The van der Waals surface area contributed by atoms with Crippen LogP contribution in [0.5, 0.6) is 0 Å². The SMILES string of the molecule is N#CSCCCCC=O. The lowest BCUT2D eigenvalue weighted by Gasteiger charge is -1.88. The zero-order valence-electron chi connectivity index (χ0n) is 5.17. The van der Waals surface area contributed by atoms with Crippen LogP contribution in [0.1, 0.15) is 19.3 Å². The Bertz CT molecular complexity index is 108. The number of nitriles is 1. The van der Waals surface area contributed by atoms with Crippen molar-refractivity contribution in [3.63, 3.8) is 0 Å². The molecular formula is C6H9NOS. The van der Waals surface area contributed by atoms with Gasteiger partial charge in [0, 0.05) is 12.2 Å². The average Bonchev–Trinajstić information content (AvgIpc) is 1.89. The molecular weight excluding hydrogens is 134 g/mol. The van der Waals surface area contributed by atoms with Crippen molar-refractivity contribution in [1.82, 2.24) is 0 Å². The fraction of sp³-hybridized carbons (Fsp3) is 0.667. The van der Waals surface area contributed by atoms with Crippen LogP contribution in [0.25, 0.3) is 0 Å². The van der Waals surface area contributed by atoms with Crippen LogP contribution in [0, 0.1) is 10.7 Å². The fourth-order valence-corrected chi connectivity index (χ4v) is 0.887. The molecule has 0 rings (SSSR count). The number of aldehydes is 1. The van der Waals surface area contributed by atoms with Crippen molar-refractivity contribution in [1.29, 1.82) is 5.26 Å². The molecule has 2 nitrogen and oxygen atoms in total. The Morgan fingerprint density at radius 1 is 1.56 bits per heavy atom. The minimum atomic E-state index is 0.631. The monoisotopic (exact) mass is 143 g/mol. The van der Waals surface area contributed by atoms with E-state index in [9.17, 15) is 4.79 Å². The number of thiocyanates is 1. The van der Waals surface area contributed by atoms with Crippen LogP contribution >= 0.6 is 11.8 Å². The van der Waals surface area contributed by atoms with Crippen LogP contribution in [0.3, 0.4) is 0 Å². The highest BCUT2D eigenvalue weighted by atomic mass is 32.2. The third-order valence-corrected chi connectivity index (χ3v) is 1.50. The molecule has 0 bridgehead atoms. The summed E-state index contributed by atoms with van der Waals surface area (Å²) >= 11 is 1.25. The van der Waals surface area contributed by atoms with E-state index in [0.29, 0.717) is 6.42 Å². The van der Waals surface area contributed by atoms with E-state index in [2.05, 4.69) is 0 Å². The van der Waals surface area contributed by atoms with E-state index >= 15 is 0 Å². The molecule has 0 aliphatic heterocycles. The van der Waals surface area contributed by atoms with Crippen LogP contribution in [0.2, 0.25) is 0 Å². The summed E-state index contributed by atoms with van der Waals surface area (Å²) < 4.78 is 0. The van der Waals surface area contributed by atoms with Gasteiger partial charge in [0.1, 0.15) is 11.7 Å². The van der Waals surface area contributed by atoms with Gasteiger partial charge >= 0.3 is 0 Å². The number of hydrogen-bond donors (Lipinski definition) is 0. The molecule has 0 aromatic heterocycles. The molecule has 0 saturated carbocycles. The summed E-state index contributed by atoms with van der Waals surface area (Å²) in [6.07, 6.45) is 3.43. The number of unbranched alkanes of at least 4 members (excludes halogenated alkanes) is 2. The van der Waals surface area contributed by atoms with Gasteiger partial charge in [-0.15, -0.1) is 0 Å². The summed E-state index contributed by atoms with van der Waals surface area (Å²) in [5.41, 5.74) is 0. The van der Waals surface area contributed by atoms with Gasteiger partial charge in [0.2, 0.25) is 0 Å². The predicted molar refractivity (Wildman–Crippen MR) is 38.0 cm³/mol. The molecule has 0 atom stereocenters. The standard InChI is InChI=1S/C6H9NOS/c7-6-9-5-3-1-2-4-8/h4H,1-3,5H2. The molecule has 0 aliphatic rings. The van der Waals surface area contributed by atoms with Crippen LogP contribution in [0.15, 0.2) is 0 Å². The van der Waals surface area contributed by atoms with Crippen LogP contribution in [-0.4, -0.2) is 12.0 Å². The molecule has 50 valence electrons. The highest BCUT2D eigenvalue weighted by Crippen LogP contribution is 2.02. The van der Waals surface area contributed by atoms with Crippen molar-refractivity contribution in [2.45, 2.75) is 19.3 Å². The molecule has 0 aromatic carbocycles. The lowest BCUT2D eigenvalue weighted by molar-refractivity contribution is -0.107. The molecule has 0 saturated heterocycles. The fourth-order valence-electron chi connectivity index (χ4n) is 0.448. The van der Waals surface area contributed by atoms with Gasteiger partial charge in [-0.25, -0.2) is 0 Å². The first-order valence-corrected chi connectivity index (χ1v) is 3.85. The van der Waals surface area contributed by atoms with Gasteiger partial charge < -0.3 is 4.79 Å². The van der Waals surface area contributed by atoms with Gasteiger partial charge in [-0.1, -0.05) is 0 Å². The van der Waals surface area contributed by atoms with E-state index < -0.39 is 0 Å². The third-order valence-electron chi connectivity index (χ3n) is 0.883. The second kappa shape index (κ2) is 7.51. The summed E-state index contributed by atoms with van der Waals surface area (Å²) in [5.74, 6) is 0.852. The Morgan fingerprint density at radius 2 is 2.33 bits per heavy atom. The number of rotatable bonds is 5. The van der Waals surface area contributed by atoms with Gasteiger partial charge in [0.25, 0.3) is 0 Å². The number of nitrogens with zero attached hydrogens (tertiary/aromatic N) is 1. The molecule has 0 aromatic rings. The van der Waals surface area contributed by atoms with E-state index in [0.717, 1.165) is 24.9 Å². The first kappa shape index (κ1) is 8.51. The number of hydrogen-bond acceptors (Lipinski definition) is 3. The first-order chi connectivity index (χ1) is 4.41. The molecule has 0 amide bonds. The first-order valence-electron chi connectivity index (χ1n) is 2.86. The second-order valence-electron chi connectivity index (χ2n) is 1.60. The maximum absolute atomic E-state index is 9.77. The van der Waals surface area contributed by atoms with Crippen molar-refractivity contribution in [2.75, 3.05) is 5.75 Å². The molecule has 3 heteroatoms. The van der Waals surface area contributed by atoms with Crippen LogP contribution in [-0.2, 0) is 4.79 Å². The predicted octanol–water partition coefficient (Wildman–Crippen LogP) is 1.57. The molecule has 0 unspecified atom stereocenters. The normalized spacial score (nSPS) is 8.33. The van der Waals surface area contributed by atoms with Crippen molar-refractivity contribution >= 4 is 18.0 Å². The largest absolute Gasteiger partial charge is 0.303 e. The maximum atomic E-state index is 9.77. The molecule has 0 spiro atoms. The molecule has 0 N–H and O–H groups in total. The average molecular weight is 143 g/mol. The van der Waals surface area contributed by atoms with Crippen molar-refractivity contribution < 1.29 is 4.79 Å². The van der Waals surface area contributed by atoms with Gasteiger partial charge in [-0.2, -0.15) is 5.26 Å². The van der Waals surface area contributed by atoms with Crippen molar-refractivity contribution in [3.8, 4) is 5.40 Å². The van der Waals surface area contributed by atoms with Crippen LogP contribution in [0.4, 0.5) is 0 Å². The van der Waals surface area contributed by atoms with Gasteiger partial charge in [0.05, 0.1) is 0 Å². The van der Waals surface area contributed by atoms with E-state index in [1.165, 1.54) is 11.8 Å². The molecule has 0 heterocycles. The molecule has 9 heavy (non-hydrogen) atoms. The molecule has 0 fully saturated rings. The highest BCUT2D eigenvalue weighted by molar-refractivity contribution is 8.03. The Balaban J connectivity index is 2.76. The van der Waals surface area contributed by atoms with E-state index in [1.54, 1.807) is 0 Å². The lowest BCUT2D eigenvalue weighted by atomic mass is 10.3. The lowest BCUT2D eigenvalue weighted by Crippen LogP contribution is -1.79. The Labute approximate surface area is 59.2 Å². The summed E-state index contributed by atoms with van der Waals surface area (Å²) in [6.45, 7) is 0. The van der Waals surface area contributed by atoms with Crippen molar-refractivity contribution in [2.24, 2.45) is 0 Å². The smallest absolute Gasteiger partial charge is 0.133 e. The second-order valence-corrected chi connectivity index (χ2v) is 2.48. The topological polar surface area (TPSA) is 40.9 Å². The quantitative estimate of drug-likeness (QED) is 0.333. The van der Waals surface area contributed by atoms with E-state index in [-0.39, 0.29) is 0 Å². The number of carbonyl (C=O) groups excluding carboxylic acids is 1.